The lowest BCUT2D eigenvalue weighted by atomic mass is 9.72. The lowest BCUT2D eigenvalue weighted by Gasteiger charge is -2.36. The van der Waals surface area contributed by atoms with Gasteiger partial charge in [0.2, 0.25) is 0 Å². The van der Waals surface area contributed by atoms with Gasteiger partial charge >= 0.3 is 0 Å². The highest BCUT2D eigenvalue weighted by Gasteiger charge is 2.37. The molecule has 0 saturated carbocycles. The fourth-order valence-electron chi connectivity index (χ4n) is 3.06. The topological polar surface area (TPSA) is 29.1 Å². The lowest BCUT2D eigenvalue weighted by molar-refractivity contribution is -0.129. The van der Waals surface area contributed by atoms with Gasteiger partial charge < -0.3 is 5.32 Å². The first-order valence-corrected chi connectivity index (χ1v) is 7.94. The highest BCUT2D eigenvalue weighted by atomic mass is 79.9. The Morgan fingerprint density at radius 1 is 1.47 bits per heavy atom. The van der Waals surface area contributed by atoms with Crippen molar-refractivity contribution in [3.63, 3.8) is 0 Å². The zero-order valence-electron chi connectivity index (χ0n) is 11.5. The molecule has 3 heteroatoms. The highest BCUT2D eigenvalue weighted by molar-refractivity contribution is 9.10. The van der Waals surface area contributed by atoms with Gasteiger partial charge in [-0.2, -0.15) is 0 Å². The van der Waals surface area contributed by atoms with Crippen LogP contribution in [-0.4, -0.2) is 18.9 Å². The number of carbonyl (C=O) groups is 1. The van der Waals surface area contributed by atoms with Crippen molar-refractivity contribution in [3.8, 4) is 0 Å². The molecule has 2 nitrogen and oxygen atoms in total. The molecule has 0 aliphatic carbocycles. The molecule has 0 aromatic heterocycles. The molecule has 19 heavy (non-hydrogen) atoms. The number of hydrogen-bond donors (Lipinski definition) is 1. The van der Waals surface area contributed by atoms with Gasteiger partial charge in [0.15, 0.2) is 0 Å². The van der Waals surface area contributed by atoms with E-state index >= 15 is 0 Å². The van der Waals surface area contributed by atoms with Crippen LogP contribution in [0.2, 0.25) is 0 Å². The minimum Gasteiger partial charge on any atom is -0.316 e. The molecule has 0 amide bonds. The molecule has 0 spiro atoms. The van der Waals surface area contributed by atoms with Crippen molar-refractivity contribution < 1.29 is 4.79 Å². The Kier molecular flexibility index (Phi) is 5.17. The van der Waals surface area contributed by atoms with Crippen molar-refractivity contribution in [1.82, 2.24) is 5.32 Å². The van der Waals surface area contributed by atoms with Gasteiger partial charge in [-0.25, -0.2) is 0 Å². The van der Waals surface area contributed by atoms with Crippen molar-refractivity contribution in [2.24, 2.45) is 5.41 Å². The number of piperidine rings is 1. The monoisotopic (exact) mass is 323 g/mol. The minimum atomic E-state index is -0.130. The summed E-state index contributed by atoms with van der Waals surface area (Å²) in [4.78, 5) is 12.7. The molecule has 2 rings (SSSR count). The van der Waals surface area contributed by atoms with E-state index in [2.05, 4.69) is 28.2 Å². The third-order valence-corrected chi connectivity index (χ3v) is 4.54. The largest absolute Gasteiger partial charge is 0.316 e. The van der Waals surface area contributed by atoms with Crippen LogP contribution in [0, 0.1) is 5.41 Å². The van der Waals surface area contributed by atoms with E-state index in [-0.39, 0.29) is 5.41 Å². The Bertz CT molecular complexity index is 433. The third-order valence-electron chi connectivity index (χ3n) is 4.05. The summed E-state index contributed by atoms with van der Waals surface area (Å²) >= 11 is 3.47. The van der Waals surface area contributed by atoms with Crippen LogP contribution in [0.5, 0.6) is 0 Å². The van der Waals surface area contributed by atoms with Crippen LogP contribution in [0.3, 0.4) is 0 Å². The summed E-state index contributed by atoms with van der Waals surface area (Å²) in [5.74, 6) is 0.402. The number of rotatable bonds is 5. The van der Waals surface area contributed by atoms with Crippen LogP contribution >= 0.6 is 15.9 Å². The maximum Gasteiger partial charge on any atom is 0.144 e. The number of benzene rings is 1. The second-order valence-corrected chi connectivity index (χ2v) is 6.46. The summed E-state index contributed by atoms with van der Waals surface area (Å²) in [6.45, 7) is 4.08. The zero-order chi connectivity index (χ0) is 13.7. The number of halogens is 1. The van der Waals surface area contributed by atoms with Crippen molar-refractivity contribution in [2.45, 2.75) is 39.0 Å². The zero-order valence-corrected chi connectivity index (χ0v) is 13.1. The molecule has 1 aliphatic heterocycles. The molecule has 1 aromatic carbocycles. The fraction of sp³-hybridized carbons (Fsp3) is 0.562. The first kappa shape index (κ1) is 14.7. The van der Waals surface area contributed by atoms with Crippen LogP contribution in [-0.2, 0) is 11.2 Å². The standard InChI is InChI=1S/C16H22BrNO/c1-2-7-16(8-4-9-18-12-16)15(19)11-13-5-3-6-14(17)10-13/h3,5-6,10,18H,2,4,7-9,11-12H2,1H3. The third kappa shape index (κ3) is 3.67. The van der Waals surface area contributed by atoms with E-state index < -0.39 is 0 Å². The first-order valence-electron chi connectivity index (χ1n) is 7.15. The Morgan fingerprint density at radius 2 is 2.32 bits per heavy atom. The Balaban J connectivity index is 2.11. The molecular formula is C16H22BrNO. The maximum absolute atomic E-state index is 12.7. The second kappa shape index (κ2) is 6.67. The van der Waals surface area contributed by atoms with E-state index in [4.69, 9.17) is 0 Å². The van der Waals surface area contributed by atoms with Crippen LogP contribution in [0.25, 0.3) is 0 Å². The fourth-order valence-corrected chi connectivity index (χ4v) is 3.50. The summed E-state index contributed by atoms with van der Waals surface area (Å²) < 4.78 is 1.05. The normalized spacial score (nSPS) is 23.3. The van der Waals surface area contributed by atoms with Crippen molar-refractivity contribution in [2.75, 3.05) is 13.1 Å². The summed E-state index contributed by atoms with van der Waals surface area (Å²) in [5.41, 5.74) is 0.982. The number of hydrogen-bond acceptors (Lipinski definition) is 2. The van der Waals surface area contributed by atoms with E-state index in [0.29, 0.717) is 12.2 Å². The Labute approximate surface area is 124 Å². The highest BCUT2D eigenvalue weighted by Crippen LogP contribution is 2.34. The van der Waals surface area contributed by atoms with Gasteiger partial charge in [0, 0.05) is 22.9 Å². The molecule has 1 aliphatic rings. The second-order valence-electron chi connectivity index (χ2n) is 5.54. The molecule has 1 atom stereocenters. The Morgan fingerprint density at radius 3 is 2.95 bits per heavy atom. The number of carbonyl (C=O) groups excluding carboxylic acids is 1. The molecule has 104 valence electrons. The summed E-state index contributed by atoms with van der Waals surface area (Å²) in [6, 6.07) is 8.09. The van der Waals surface area contributed by atoms with E-state index in [9.17, 15) is 4.79 Å². The summed E-state index contributed by atoms with van der Waals surface area (Å²) in [5, 5.41) is 3.41. The van der Waals surface area contributed by atoms with Gasteiger partial charge in [-0.3, -0.25) is 4.79 Å². The summed E-state index contributed by atoms with van der Waals surface area (Å²) in [6.07, 6.45) is 4.80. The first-order chi connectivity index (χ1) is 9.16. The molecule has 1 unspecified atom stereocenters. The van der Waals surface area contributed by atoms with Gasteiger partial charge in [0.05, 0.1) is 0 Å². The van der Waals surface area contributed by atoms with E-state index in [1.807, 2.05) is 24.3 Å². The maximum atomic E-state index is 12.7. The lowest BCUT2D eigenvalue weighted by Crippen LogP contribution is -2.46. The van der Waals surface area contributed by atoms with Crippen LogP contribution in [0.15, 0.2) is 28.7 Å². The number of Topliss-reactive ketones (excluding diaryl/α,β-unsaturated/α-hetero) is 1. The average Bonchev–Trinajstić information content (AvgIpc) is 2.40. The van der Waals surface area contributed by atoms with Crippen molar-refractivity contribution in [1.29, 1.82) is 0 Å². The molecule has 0 radical (unpaired) electrons. The van der Waals surface area contributed by atoms with Gasteiger partial charge in [-0.05, 0) is 43.5 Å². The van der Waals surface area contributed by atoms with E-state index in [1.165, 1.54) is 0 Å². The quantitative estimate of drug-likeness (QED) is 0.894. The molecule has 1 saturated heterocycles. The Hall–Kier alpha value is -0.670. The molecule has 1 heterocycles. The van der Waals surface area contributed by atoms with Gasteiger partial charge in [-0.1, -0.05) is 41.4 Å². The van der Waals surface area contributed by atoms with Crippen molar-refractivity contribution in [3.05, 3.63) is 34.3 Å². The molecular weight excluding hydrogens is 302 g/mol. The number of ketones is 1. The van der Waals surface area contributed by atoms with Crippen LogP contribution in [0.4, 0.5) is 0 Å². The predicted octanol–water partition coefficient (Wildman–Crippen LogP) is 3.73. The van der Waals surface area contributed by atoms with Crippen LogP contribution in [0.1, 0.15) is 38.2 Å². The van der Waals surface area contributed by atoms with Crippen LogP contribution < -0.4 is 5.32 Å². The SMILES string of the molecule is CCCC1(C(=O)Cc2cccc(Br)c2)CCCNC1. The van der Waals surface area contributed by atoms with Gasteiger partial charge in [0.25, 0.3) is 0 Å². The molecule has 1 N–H and O–H groups in total. The van der Waals surface area contributed by atoms with Crippen molar-refractivity contribution >= 4 is 21.7 Å². The average molecular weight is 324 g/mol. The van der Waals surface area contributed by atoms with Gasteiger partial charge in [-0.15, -0.1) is 0 Å². The summed E-state index contributed by atoms with van der Waals surface area (Å²) in [7, 11) is 0. The number of nitrogens with one attached hydrogen (secondary N) is 1. The van der Waals surface area contributed by atoms with E-state index in [0.717, 1.165) is 48.8 Å². The van der Waals surface area contributed by atoms with E-state index in [1.54, 1.807) is 0 Å². The smallest absolute Gasteiger partial charge is 0.144 e. The van der Waals surface area contributed by atoms with Gasteiger partial charge in [0.1, 0.15) is 5.78 Å². The minimum absolute atomic E-state index is 0.130. The predicted molar refractivity (Wildman–Crippen MR) is 82.3 cm³/mol. The molecule has 1 fully saturated rings. The molecule has 1 aromatic rings. The molecule has 0 bridgehead atoms.